The second kappa shape index (κ2) is 10.9. The minimum atomic E-state index is 0.0875. The number of carbonyl (C=O) groups is 2. The Morgan fingerprint density at radius 1 is 1.17 bits per heavy atom. The number of carbonyl (C=O) groups excluding carboxylic acids is 2. The Bertz CT molecular complexity index is 1010. The molecule has 3 aliphatic rings. The van der Waals surface area contributed by atoms with Crippen LogP contribution in [0, 0.1) is 18.8 Å². The standard InChI is InChI=1S/C27H38N6O2/c1-20-29-12-16-31(20)17-13-30-25(34)10-2-9-24-23-8-5-15-32-14-4-7-22(26(23)32)19-33(24)27(35)21-6-3-11-28-18-21/h3,6,11-12,16,18,22-24,26H,2,4-5,7-10,13-15,17,19H2,1H3,(H,30,34)/t22-,23+,24+,26-/m0/s1. The minimum Gasteiger partial charge on any atom is -0.354 e. The van der Waals surface area contributed by atoms with Gasteiger partial charge in [-0.2, -0.15) is 0 Å². The summed E-state index contributed by atoms with van der Waals surface area (Å²) in [5.74, 6) is 2.20. The molecule has 5 rings (SSSR count). The van der Waals surface area contributed by atoms with Crippen LogP contribution in [0.3, 0.4) is 0 Å². The molecule has 0 unspecified atom stereocenters. The third-order valence-corrected chi connectivity index (χ3v) is 8.34. The zero-order valence-corrected chi connectivity index (χ0v) is 20.8. The summed E-state index contributed by atoms with van der Waals surface area (Å²) in [5, 5.41) is 3.05. The van der Waals surface area contributed by atoms with Gasteiger partial charge in [0.25, 0.3) is 5.91 Å². The molecular weight excluding hydrogens is 440 g/mol. The van der Waals surface area contributed by atoms with Crippen LogP contribution in [0.5, 0.6) is 0 Å². The van der Waals surface area contributed by atoms with Gasteiger partial charge in [0.2, 0.25) is 5.91 Å². The van der Waals surface area contributed by atoms with Crippen molar-refractivity contribution in [3.05, 3.63) is 48.3 Å². The van der Waals surface area contributed by atoms with Crippen molar-refractivity contribution in [1.29, 1.82) is 0 Å². The van der Waals surface area contributed by atoms with Gasteiger partial charge in [-0.1, -0.05) is 0 Å². The van der Waals surface area contributed by atoms with Crippen molar-refractivity contribution in [3.8, 4) is 0 Å². The Morgan fingerprint density at radius 3 is 2.80 bits per heavy atom. The highest BCUT2D eigenvalue weighted by Gasteiger charge is 2.49. The lowest BCUT2D eigenvalue weighted by molar-refractivity contribution is -0.121. The number of amides is 2. The van der Waals surface area contributed by atoms with E-state index in [1.165, 1.54) is 38.8 Å². The van der Waals surface area contributed by atoms with Gasteiger partial charge < -0.3 is 14.8 Å². The van der Waals surface area contributed by atoms with Crippen molar-refractivity contribution in [2.45, 2.75) is 70.5 Å². The zero-order chi connectivity index (χ0) is 24.2. The molecular formula is C27H38N6O2. The van der Waals surface area contributed by atoms with Crippen LogP contribution in [0.4, 0.5) is 0 Å². The molecule has 2 aromatic rings. The van der Waals surface area contributed by atoms with Crippen molar-refractivity contribution in [3.63, 3.8) is 0 Å². The van der Waals surface area contributed by atoms with Crippen LogP contribution in [-0.4, -0.2) is 74.4 Å². The number of likely N-dealkylation sites (tertiary alicyclic amines) is 1. The number of piperidine rings is 3. The molecule has 0 aliphatic carbocycles. The molecule has 3 aliphatic heterocycles. The Morgan fingerprint density at radius 2 is 2.03 bits per heavy atom. The van der Waals surface area contributed by atoms with E-state index >= 15 is 0 Å². The maximum absolute atomic E-state index is 13.6. The van der Waals surface area contributed by atoms with E-state index in [1.54, 1.807) is 18.6 Å². The fraction of sp³-hybridized carbons (Fsp3) is 0.630. The first kappa shape index (κ1) is 24.0. The molecule has 8 heteroatoms. The number of aryl methyl sites for hydroxylation is 1. The lowest BCUT2D eigenvalue weighted by Gasteiger charge is -2.57. The molecule has 0 radical (unpaired) electrons. The highest BCUT2D eigenvalue weighted by molar-refractivity contribution is 5.94. The van der Waals surface area contributed by atoms with E-state index in [0.29, 0.717) is 36.4 Å². The maximum atomic E-state index is 13.6. The fourth-order valence-electron chi connectivity index (χ4n) is 6.77. The molecule has 2 aromatic heterocycles. The molecule has 35 heavy (non-hydrogen) atoms. The molecule has 0 aromatic carbocycles. The van der Waals surface area contributed by atoms with Crippen molar-refractivity contribution in [2.75, 3.05) is 26.2 Å². The van der Waals surface area contributed by atoms with Crippen molar-refractivity contribution < 1.29 is 9.59 Å². The molecule has 0 saturated carbocycles. The Hall–Kier alpha value is -2.74. The quantitative estimate of drug-likeness (QED) is 0.631. The summed E-state index contributed by atoms with van der Waals surface area (Å²) in [7, 11) is 0. The number of hydrogen-bond donors (Lipinski definition) is 1. The van der Waals surface area contributed by atoms with Crippen LogP contribution in [-0.2, 0) is 11.3 Å². The SMILES string of the molecule is Cc1nccn1CCNC(=O)CCC[C@@H]1[C@H]2CCCN3CCC[C@@H](CN1C(=O)c1cccnc1)[C@@H]23. The van der Waals surface area contributed by atoms with Crippen molar-refractivity contribution in [2.24, 2.45) is 11.8 Å². The number of hydrogen-bond acceptors (Lipinski definition) is 5. The number of nitrogens with zero attached hydrogens (tertiary/aromatic N) is 5. The number of pyridine rings is 1. The molecule has 8 nitrogen and oxygen atoms in total. The normalized spacial score (nSPS) is 26.3. The van der Waals surface area contributed by atoms with Crippen molar-refractivity contribution >= 4 is 11.8 Å². The van der Waals surface area contributed by atoms with Gasteiger partial charge in [0.15, 0.2) is 0 Å². The van der Waals surface area contributed by atoms with Crippen LogP contribution >= 0.6 is 0 Å². The van der Waals surface area contributed by atoms with Gasteiger partial charge in [0.1, 0.15) is 5.82 Å². The molecule has 2 amide bonds. The molecule has 4 atom stereocenters. The molecule has 3 fully saturated rings. The summed E-state index contributed by atoms with van der Waals surface area (Å²) in [5.41, 5.74) is 0.673. The molecule has 5 heterocycles. The Balaban J connectivity index is 1.23. The van der Waals surface area contributed by atoms with Gasteiger partial charge >= 0.3 is 0 Å². The monoisotopic (exact) mass is 478 g/mol. The molecule has 0 spiro atoms. The van der Waals surface area contributed by atoms with E-state index in [-0.39, 0.29) is 17.9 Å². The molecule has 188 valence electrons. The predicted molar refractivity (Wildman–Crippen MR) is 134 cm³/mol. The summed E-state index contributed by atoms with van der Waals surface area (Å²) < 4.78 is 2.04. The molecule has 1 N–H and O–H groups in total. The summed E-state index contributed by atoms with van der Waals surface area (Å²) in [6, 6.07) is 4.49. The predicted octanol–water partition coefficient (Wildman–Crippen LogP) is 2.89. The fourth-order valence-corrected chi connectivity index (χ4v) is 6.77. The topological polar surface area (TPSA) is 83.4 Å². The summed E-state index contributed by atoms with van der Waals surface area (Å²) >= 11 is 0. The Labute approximate surface area is 208 Å². The van der Waals surface area contributed by atoms with Gasteiger partial charge in [-0.25, -0.2) is 4.98 Å². The highest BCUT2D eigenvalue weighted by Crippen LogP contribution is 2.43. The van der Waals surface area contributed by atoms with E-state index in [0.717, 1.165) is 31.8 Å². The molecule has 3 saturated heterocycles. The number of nitrogens with one attached hydrogen (secondary N) is 1. The molecule has 0 bridgehead atoms. The summed E-state index contributed by atoms with van der Waals surface area (Å²) in [6.07, 6.45) is 14.1. The van der Waals surface area contributed by atoms with Crippen molar-refractivity contribution in [1.82, 2.24) is 29.7 Å². The van der Waals surface area contributed by atoms with Gasteiger partial charge in [-0.05, 0) is 82.5 Å². The van der Waals surface area contributed by atoms with E-state index < -0.39 is 0 Å². The zero-order valence-electron chi connectivity index (χ0n) is 20.8. The van der Waals surface area contributed by atoms with Gasteiger partial charge in [0, 0.05) is 62.9 Å². The van der Waals surface area contributed by atoms with E-state index in [1.807, 2.05) is 29.8 Å². The van der Waals surface area contributed by atoms with Gasteiger partial charge in [0.05, 0.1) is 5.56 Å². The number of aromatic nitrogens is 3. The van der Waals surface area contributed by atoms with Crippen LogP contribution in [0.25, 0.3) is 0 Å². The number of imidazole rings is 1. The summed E-state index contributed by atoms with van der Waals surface area (Å²) in [4.78, 5) is 39.4. The first-order valence-electron chi connectivity index (χ1n) is 13.3. The second-order valence-electron chi connectivity index (χ2n) is 10.4. The Kier molecular flexibility index (Phi) is 7.46. The minimum absolute atomic E-state index is 0.0875. The smallest absolute Gasteiger partial charge is 0.255 e. The van der Waals surface area contributed by atoms with Gasteiger partial charge in [-0.15, -0.1) is 0 Å². The first-order valence-corrected chi connectivity index (χ1v) is 13.3. The number of rotatable bonds is 8. The van der Waals surface area contributed by atoms with E-state index in [2.05, 4.69) is 25.1 Å². The second-order valence-corrected chi connectivity index (χ2v) is 10.4. The average molecular weight is 479 g/mol. The van der Waals surface area contributed by atoms with Gasteiger partial charge in [-0.3, -0.25) is 19.5 Å². The van der Waals surface area contributed by atoms with Crippen LogP contribution in [0.1, 0.15) is 61.1 Å². The summed E-state index contributed by atoms with van der Waals surface area (Å²) in [6.45, 7) is 6.51. The third-order valence-electron chi connectivity index (χ3n) is 8.34. The van der Waals surface area contributed by atoms with Crippen LogP contribution in [0.15, 0.2) is 36.9 Å². The van der Waals surface area contributed by atoms with E-state index in [9.17, 15) is 9.59 Å². The van der Waals surface area contributed by atoms with Crippen LogP contribution < -0.4 is 5.32 Å². The average Bonchev–Trinajstić information content (AvgIpc) is 3.30. The highest BCUT2D eigenvalue weighted by atomic mass is 16.2. The van der Waals surface area contributed by atoms with E-state index in [4.69, 9.17) is 0 Å². The maximum Gasteiger partial charge on any atom is 0.255 e. The largest absolute Gasteiger partial charge is 0.354 e. The lowest BCUT2D eigenvalue weighted by atomic mass is 9.69. The first-order chi connectivity index (χ1) is 17.1. The lowest BCUT2D eigenvalue weighted by Crippen LogP contribution is -2.65. The van der Waals surface area contributed by atoms with Crippen LogP contribution in [0.2, 0.25) is 0 Å². The third kappa shape index (κ3) is 5.27.